The van der Waals surface area contributed by atoms with Crippen LogP contribution in [0, 0.1) is 11.8 Å². The second kappa shape index (κ2) is 6.04. The Bertz CT molecular complexity index is 375. The maximum absolute atomic E-state index is 12.3. The molecule has 6 nitrogen and oxygen atoms in total. The fourth-order valence-corrected chi connectivity index (χ4v) is 2.83. The summed E-state index contributed by atoms with van der Waals surface area (Å²) < 4.78 is 0. The Balaban J connectivity index is 1.86. The molecular weight excluding hydrogens is 248 g/mol. The molecule has 2 aliphatic rings. The van der Waals surface area contributed by atoms with E-state index >= 15 is 0 Å². The zero-order chi connectivity index (χ0) is 13.8. The van der Waals surface area contributed by atoms with Gasteiger partial charge in [0, 0.05) is 32.0 Å². The lowest BCUT2D eigenvalue weighted by atomic mass is 9.81. The Morgan fingerprint density at radius 3 is 2.37 bits per heavy atom. The number of carboxylic acid groups (broad SMARTS) is 1. The highest BCUT2D eigenvalue weighted by molar-refractivity contribution is 5.82. The van der Waals surface area contributed by atoms with E-state index in [0.29, 0.717) is 51.7 Å². The van der Waals surface area contributed by atoms with Gasteiger partial charge in [-0.3, -0.25) is 14.4 Å². The van der Waals surface area contributed by atoms with Gasteiger partial charge in [-0.15, -0.1) is 0 Å². The van der Waals surface area contributed by atoms with Crippen LogP contribution in [-0.2, 0) is 14.4 Å². The average molecular weight is 268 g/mol. The van der Waals surface area contributed by atoms with Crippen LogP contribution in [0.15, 0.2) is 0 Å². The third-order valence-electron chi connectivity index (χ3n) is 4.05. The quantitative estimate of drug-likeness (QED) is 0.750. The molecule has 2 amide bonds. The summed E-state index contributed by atoms with van der Waals surface area (Å²) in [7, 11) is 0. The fourth-order valence-electron chi connectivity index (χ4n) is 2.83. The minimum absolute atomic E-state index is 0.00937. The highest BCUT2D eigenvalue weighted by atomic mass is 16.4. The Hall–Kier alpha value is -1.59. The van der Waals surface area contributed by atoms with E-state index in [9.17, 15) is 14.4 Å². The first-order valence-electron chi connectivity index (χ1n) is 6.86. The van der Waals surface area contributed by atoms with Crippen LogP contribution in [0.1, 0.15) is 32.1 Å². The number of hydrogen-bond acceptors (Lipinski definition) is 3. The number of hydrogen-bond donors (Lipinski definition) is 2. The van der Waals surface area contributed by atoms with Crippen molar-refractivity contribution in [1.82, 2.24) is 10.2 Å². The van der Waals surface area contributed by atoms with Crippen molar-refractivity contribution in [3.8, 4) is 0 Å². The minimum atomic E-state index is -0.754. The van der Waals surface area contributed by atoms with Gasteiger partial charge in [-0.1, -0.05) is 0 Å². The van der Waals surface area contributed by atoms with Crippen LogP contribution >= 0.6 is 0 Å². The summed E-state index contributed by atoms with van der Waals surface area (Å²) >= 11 is 0. The van der Waals surface area contributed by atoms with E-state index in [1.54, 1.807) is 4.90 Å². The molecule has 0 bridgehead atoms. The summed E-state index contributed by atoms with van der Waals surface area (Å²) in [6.45, 7) is 1.54. The molecule has 1 aliphatic heterocycles. The highest BCUT2D eigenvalue weighted by Gasteiger charge is 2.32. The lowest BCUT2D eigenvalue weighted by molar-refractivity contribution is -0.145. The normalized spacial score (nSPS) is 28.4. The Morgan fingerprint density at radius 2 is 1.74 bits per heavy atom. The molecule has 2 N–H and O–H groups in total. The monoisotopic (exact) mass is 268 g/mol. The van der Waals surface area contributed by atoms with Crippen molar-refractivity contribution >= 4 is 17.8 Å². The Morgan fingerprint density at radius 1 is 1.11 bits per heavy atom. The average Bonchev–Trinajstić information content (AvgIpc) is 2.63. The molecule has 0 atom stereocenters. The largest absolute Gasteiger partial charge is 0.481 e. The van der Waals surface area contributed by atoms with Gasteiger partial charge < -0.3 is 15.3 Å². The number of nitrogens with one attached hydrogen (secondary N) is 1. The molecule has 2 rings (SSSR count). The standard InChI is InChI=1S/C13H20N2O4/c16-11-5-7-15(8-6-14-11)12(17)9-1-3-10(4-2-9)13(18)19/h9-10H,1-8H2,(H,14,16)(H,18,19). The summed E-state index contributed by atoms with van der Waals surface area (Å²) in [6, 6.07) is 0. The van der Waals surface area contributed by atoms with Crippen molar-refractivity contribution in [3.05, 3.63) is 0 Å². The van der Waals surface area contributed by atoms with Gasteiger partial charge in [-0.2, -0.15) is 0 Å². The van der Waals surface area contributed by atoms with E-state index in [1.807, 2.05) is 0 Å². The van der Waals surface area contributed by atoms with Crippen LogP contribution in [0.3, 0.4) is 0 Å². The van der Waals surface area contributed by atoms with Crippen molar-refractivity contribution < 1.29 is 19.5 Å². The van der Waals surface area contributed by atoms with Crippen molar-refractivity contribution in [2.24, 2.45) is 11.8 Å². The molecule has 0 unspecified atom stereocenters. The summed E-state index contributed by atoms with van der Waals surface area (Å²) in [4.78, 5) is 36.2. The molecule has 0 aromatic carbocycles. The van der Waals surface area contributed by atoms with Gasteiger partial charge in [-0.25, -0.2) is 0 Å². The van der Waals surface area contributed by atoms with Crippen LogP contribution in [0.2, 0.25) is 0 Å². The third kappa shape index (κ3) is 3.45. The number of aliphatic carboxylic acids is 1. The number of amides is 2. The van der Waals surface area contributed by atoms with Crippen LogP contribution in [0.25, 0.3) is 0 Å². The van der Waals surface area contributed by atoms with Gasteiger partial charge in [0.2, 0.25) is 11.8 Å². The van der Waals surface area contributed by atoms with Crippen molar-refractivity contribution in [3.63, 3.8) is 0 Å². The second-order valence-electron chi connectivity index (χ2n) is 5.31. The topological polar surface area (TPSA) is 86.7 Å². The third-order valence-corrected chi connectivity index (χ3v) is 4.05. The zero-order valence-electron chi connectivity index (χ0n) is 10.9. The van der Waals surface area contributed by atoms with Crippen LogP contribution in [0.5, 0.6) is 0 Å². The van der Waals surface area contributed by atoms with Crippen molar-refractivity contribution in [1.29, 1.82) is 0 Å². The minimum Gasteiger partial charge on any atom is -0.481 e. The first kappa shape index (κ1) is 13.8. The SMILES string of the molecule is O=C1CCN(C(=O)C2CCC(C(=O)O)CC2)CCN1. The van der Waals surface area contributed by atoms with Crippen molar-refractivity contribution in [2.45, 2.75) is 32.1 Å². The lowest BCUT2D eigenvalue weighted by Crippen LogP contribution is -2.40. The number of nitrogens with zero attached hydrogens (tertiary/aromatic N) is 1. The molecule has 19 heavy (non-hydrogen) atoms. The zero-order valence-corrected chi connectivity index (χ0v) is 10.9. The lowest BCUT2D eigenvalue weighted by Gasteiger charge is -2.30. The fraction of sp³-hybridized carbons (Fsp3) is 0.769. The van der Waals surface area contributed by atoms with Gasteiger partial charge in [-0.05, 0) is 25.7 Å². The molecule has 0 spiro atoms. The predicted molar refractivity (Wildman–Crippen MR) is 67.3 cm³/mol. The Kier molecular flexibility index (Phi) is 4.39. The maximum atomic E-state index is 12.3. The highest BCUT2D eigenvalue weighted by Crippen LogP contribution is 2.30. The summed E-state index contributed by atoms with van der Waals surface area (Å²) in [5, 5.41) is 11.7. The number of carbonyl (C=O) groups is 3. The molecule has 1 saturated carbocycles. The van der Waals surface area contributed by atoms with Crippen LogP contribution in [0.4, 0.5) is 0 Å². The molecular formula is C13H20N2O4. The van der Waals surface area contributed by atoms with E-state index in [1.165, 1.54) is 0 Å². The van der Waals surface area contributed by atoms with Gasteiger partial charge in [0.05, 0.1) is 5.92 Å². The van der Waals surface area contributed by atoms with Crippen LogP contribution < -0.4 is 5.32 Å². The Labute approximate surface area is 112 Å². The van der Waals surface area contributed by atoms with Crippen molar-refractivity contribution in [2.75, 3.05) is 19.6 Å². The van der Waals surface area contributed by atoms with Gasteiger partial charge in [0.15, 0.2) is 0 Å². The van der Waals surface area contributed by atoms with Gasteiger partial charge >= 0.3 is 5.97 Å². The summed E-state index contributed by atoms with van der Waals surface area (Å²) in [5.41, 5.74) is 0. The van der Waals surface area contributed by atoms with E-state index in [0.717, 1.165) is 0 Å². The second-order valence-corrected chi connectivity index (χ2v) is 5.31. The van der Waals surface area contributed by atoms with Gasteiger partial charge in [0.1, 0.15) is 0 Å². The van der Waals surface area contributed by atoms with E-state index < -0.39 is 5.97 Å². The molecule has 0 aromatic heterocycles. The van der Waals surface area contributed by atoms with E-state index in [-0.39, 0.29) is 23.7 Å². The predicted octanol–water partition coefficient (Wildman–Crippen LogP) is 0.226. The summed E-state index contributed by atoms with van der Waals surface area (Å²) in [5.74, 6) is -1.04. The van der Waals surface area contributed by atoms with E-state index in [4.69, 9.17) is 5.11 Å². The van der Waals surface area contributed by atoms with E-state index in [2.05, 4.69) is 5.32 Å². The first-order chi connectivity index (χ1) is 9.08. The molecule has 1 saturated heterocycles. The number of carbonyl (C=O) groups excluding carboxylic acids is 2. The first-order valence-corrected chi connectivity index (χ1v) is 6.86. The molecule has 1 aliphatic carbocycles. The molecule has 0 radical (unpaired) electrons. The number of carboxylic acids is 1. The molecule has 6 heteroatoms. The smallest absolute Gasteiger partial charge is 0.306 e. The molecule has 0 aromatic rings. The summed E-state index contributed by atoms with van der Waals surface area (Å²) in [6.07, 6.45) is 2.81. The van der Waals surface area contributed by atoms with Crippen LogP contribution in [-0.4, -0.2) is 47.4 Å². The molecule has 106 valence electrons. The number of rotatable bonds is 2. The van der Waals surface area contributed by atoms with Gasteiger partial charge in [0.25, 0.3) is 0 Å². The molecule has 2 fully saturated rings. The maximum Gasteiger partial charge on any atom is 0.306 e. The molecule has 1 heterocycles.